The van der Waals surface area contributed by atoms with Crippen molar-refractivity contribution in [3.8, 4) is 17.2 Å². The zero-order valence-corrected chi connectivity index (χ0v) is 17.8. The van der Waals surface area contributed by atoms with Crippen LogP contribution in [-0.2, 0) is 6.61 Å². The Morgan fingerprint density at radius 1 is 1.03 bits per heavy atom. The van der Waals surface area contributed by atoms with Gasteiger partial charge in [-0.3, -0.25) is 4.79 Å². The molecule has 0 unspecified atom stereocenters. The van der Waals surface area contributed by atoms with Gasteiger partial charge < -0.3 is 14.2 Å². The SMILES string of the molecule is CCOc1ccc(/C=C2\Oc3cc(OCc4ccc(F)cc4Cl)cc(C)c3C2=O)cc1. The minimum absolute atomic E-state index is 0.167. The molecule has 4 rings (SSSR count). The van der Waals surface area contributed by atoms with E-state index in [0.717, 1.165) is 16.9 Å². The third-order valence-electron chi connectivity index (χ3n) is 4.84. The second kappa shape index (κ2) is 8.82. The Kier molecular flexibility index (Phi) is 5.96. The standard InChI is InChI=1S/C25H20ClFO4/c1-3-29-19-8-4-16(5-9-19)11-23-25(28)24-15(2)10-20(13-22(24)31-23)30-14-17-6-7-18(27)12-21(17)26/h4-13H,3,14H2,1-2H3/b23-11-. The fraction of sp³-hybridized carbons (Fsp3) is 0.160. The Morgan fingerprint density at radius 2 is 1.81 bits per heavy atom. The number of fused-ring (bicyclic) bond motifs is 1. The predicted octanol–water partition coefficient (Wildman–Crippen LogP) is 6.38. The summed E-state index contributed by atoms with van der Waals surface area (Å²) in [7, 11) is 0. The highest BCUT2D eigenvalue weighted by molar-refractivity contribution is 6.31. The van der Waals surface area contributed by atoms with Crippen LogP contribution in [0.1, 0.15) is 34.0 Å². The van der Waals surface area contributed by atoms with Crippen LogP contribution in [0.5, 0.6) is 17.2 Å². The van der Waals surface area contributed by atoms with Crippen LogP contribution in [-0.4, -0.2) is 12.4 Å². The Morgan fingerprint density at radius 3 is 2.52 bits per heavy atom. The summed E-state index contributed by atoms with van der Waals surface area (Å²) in [5, 5.41) is 0.296. The van der Waals surface area contributed by atoms with Crippen molar-refractivity contribution in [3.05, 3.63) is 93.5 Å². The first-order chi connectivity index (χ1) is 14.9. The zero-order valence-electron chi connectivity index (χ0n) is 17.1. The summed E-state index contributed by atoms with van der Waals surface area (Å²) < 4.78 is 30.3. The smallest absolute Gasteiger partial charge is 0.232 e. The Balaban J connectivity index is 1.53. The number of ketones is 1. The van der Waals surface area contributed by atoms with Gasteiger partial charge in [0.1, 0.15) is 29.7 Å². The first kappa shape index (κ1) is 20.9. The third-order valence-corrected chi connectivity index (χ3v) is 5.19. The molecule has 0 saturated carbocycles. The van der Waals surface area contributed by atoms with Crippen LogP contribution >= 0.6 is 11.6 Å². The Bertz CT molecular complexity index is 1170. The summed E-state index contributed by atoms with van der Waals surface area (Å²) in [4.78, 5) is 12.8. The molecule has 0 N–H and O–H groups in total. The highest BCUT2D eigenvalue weighted by Gasteiger charge is 2.30. The van der Waals surface area contributed by atoms with E-state index < -0.39 is 5.82 Å². The maximum Gasteiger partial charge on any atom is 0.232 e. The Hall–Kier alpha value is -3.31. The van der Waals surface area contributed by atoms with E-state index in [9.17, 15) is 9.18 Å². The van der Waals surface area contributed by atoms with Gasteiger partial charge in [0, 0.05) is 11.6 Å². The van der Waals surface area contributed by atoms with Gasteiger partial charge in [0.2, 0.25) is 5.78 Å². The number of halogens is 2. The number of Topliss-reactive ketones (excluding diaryl/α,β-unsaturated/α-hetero) is 1. The van der Waals surface area contributed by atoms with Crippen molar-refractivity contribution in [2.24, 2.45) is 0 Å². The average molecular weight is 439 g/mol. The molecular weight excluding hydrogens is 419 g/mol. The van der Waals surface area contributed by atoms with E-state index in [-0.39, 0.29) is 18.1 Å². The maximum absolute atomic E-state index is 13.2. The molecule has 31 heavy (non-hydrogen) atoms. The third kappa shape index (κ3) is 4.57. The molecule has 3 aromatic carbocycles. The van der Waals surface area contributed by atoms with Crippen LogP contribution < -0.4 is 14.2 Å². The van der Waals surface area contributed by atoms with E-state index in [0.29, 0.717) is 34.3 Å². The highest BCUT2D eigenvalue weighted by Crippen LogP contribution is 2.38. The summed E-state index contributed by atoms with van der Waals surface area (Å²) in [5.74, 6) is 1.43. The molecule has 0 radical (unpaired) electrons. The summed E-state index contributed by atoms with van der Waals surface area (Å²) in [6, 6.07) is 15.0. The van der Waals surface area contributed by atoms with Gasteiger partial charge in [0.15, 0.2) is 5.76 Å². The number of benzene rings is 3. The number of rotatable bonds is 6. The molecule has 1 aliphatic rings. The van der Waals surface area contributed by atoms with Crippen LogP contribution in [0.2, 0.25) is 5.02 Å². The number of ether oxygens (including phenoxy) is 3. The number of hydrogen-bond acceptors (Lipinski definition) is 4. The lowest BCUT2D eigenvalue weighted by Gasteiger charge is -2.10. The van der Waals surface area contributed by atoms with Crippen molar-refractivity contribution in [3.63, 3.8) is 0 Å². The van der Waals surface area contributed by atoms with E-state index in [4.69, 9.17) is 25.8 Å². The van der Waals surface area contributed by atoms with Crippen molar-refractivity contribution in [1.82, 2.24) is 0 Å². The number of carbonyl (C=O) groups excluding carboxylic acids is 1. The van der Waals surface area contributed by atoms with E-state index in [1.54, 1.807) is 24.3 Å². The average Bonchev–Trinajstić information content (AvgIpc) is 3.04. The highest BCUT2D eigenvalue weighted by atomic mass is 35.5. The van der Waals surface area contributed by atoms with Gasteiger partial charge in [-0.05, 0) is 61.4 Å². The van der Waals surface area contributed by atoms with Gasteiger partial charge in [-0.15, -0.1) is 0 Å². The number of carbonyl (C=O) groups is 1. The number of hydrogen-bond donors (Lipinski definition) is 0. The summed E-state index contributed by atoms with van der Waals surface area (Å²) in [6.07, 6.45) is 1.70. The molecule has 0 aliphatic carbocycles. The predicted molar refractivity (Wildman–Crippen MR) is 117 cm³/mol. The van der Waals surface area contributed by atoms with Gasteiger partial charge in [0.25, 0.3) is 0 Å². The molecule has 158 valence electrons. The minimum atomic E-state index is -0.402. The van der Waals surface area contributed by atoms with Gasteiger partial charge >= 0.3 is 0 Å². The second-order valence-electron chi connectivity index (χ2n) is 7.08. The molecule has 0 fully saturated rings. The molecule has 6 heteroatoms. The molecule has 0 aromatic heterocycles. The lowest BCUT2D eigenvalue weighted by molar-refractivity contribution is 0.101. The number of allylic oxidation sites excluding steroid dienone is 1. The molecule has 3 aromatic rings. The molecular formula is C25H20ClFO4. The molecule has 1 heterocycles. The number of aryl methyl sites for hydroxylation is 1. The molecule has 0 bridgehead atoms. The van der Waals surface area contributed by atoms with Crippen LogP contribution in [0.4, 0.5) is 4.39 Å². The topological polar surface area (TPSA) is 44.8 Å². The maximum atomic E-state index is 13.2. The summed E-state index contributed by atoms with van der Waals surface area (Å²) in [5.41, 5.74) is 2.76. The molecule has 1 aliphatic heterocycles. The van der Waals surface area contributed by atoms with E-state index in [1.807, 2.05) is 38.1 Å². The van der Waals surface area contributed by atoms with Gasteiger partial charge in [-0.2, -0.15) is 0 Å². The molecule has 4 nitrogen and oxygen atoms in total. The Labute approximate surface area is 184 Å². The van der Waals surface area contributed by atoms with Crippen LogP contribution in [0.3, 0.4) is 0 Å². The zero-order chi connectivity index (χ0) is 22.0. The van der Waals surface area contributed by atoms with Crippen LogP contribution in [0.25, 0.3) is 6.08 Å². The van der Waals surface area contributed by atoms with Crippen molar-refractivity contribution >= 4 is 23.5 Å². The van der Waals surface area contributed by atoms with Crippen molar-refractivity contribution in [2.45, 2.75) is 20.5 Å². The second-order valence-corrected chi connectivity index (χ2v) is 7.49. The van der Waals surface area contributed by atoms with Gasteiger partial charge in [-0.25, -0.2) is 4.39 Å². The fourth-order valence-corrected chi connectivity index (χ4v) is 3.56. The summed E-state index contributed by atoms with van der Waals surface area (Å²) >= 11 is 6.06. The van der Waals surface area contributed by atoms with E-state index in [1.165, 1.54) is 12.1 Å². The van der Waals surface area contributed by atoms with E-state index >= 15 is 0 Å². The molecule has 0 saturated heterocycles. The van der Waals surface area contributed by atoms with Gasteiger partial charge in [0.05, 0.1) is 17.2 Å². The van der Waals surface area contributed by atoms with Crippen LogP contribution in [0, 0.1) is 12.7 Å². The first-order valence-corrected chi connectivity index (χ1v) is 10.2. The normalized spacial score (nSPS) is 13.8. The summed E-state index contributed by atoms with van der Waals surface area (Å²) in [6.45, 7) is 4.51. The van der Waals surface area contributed by atoms with Crippen molar-refractivity contribution in [1.29, 1.82) is 0 Å². The largest absolute Gasteiger partial charge is 0.494 e. The first-order valence-electron chi connectivity index (χ1n) is 9.83. The lowest BCUT2D eigenvalue weighted by Crippen LogP contribution is -2.00. The van der Waals surface area contributed by atoms with Crippen molar-refractivity contribution < 1.29 is 23.4 Å². The lowest BCUT2D eigenvalue weighted by atomic mass is 10.0. The molecule has 0 atom stereocenters. The van der Waals surface area contributed by atoms with Crippen LogP contribution in [0.15, 0.2) is 60.4 Å². The monoisotopic (exact) mass is 438 g/mol. The van der Waals surface area contributed by atoms with Crippen molar-refractivity contribution in [2.75, 3.05) is 6.61 Å². The minimum Gasteiger partial charge on any atom is -0.494 e. The van der Waals surface area contributed by atoms with Gasteiger partial charge in [-0.1, -0.05) is 29.8 Å². The van der Waals surface area contributed by atoms with E-state index in [2.05, 4.69) is 0 Å². The molecule has 0 spiro atoms. The quantitative estimate of drug-likeness (QED) is 0.419. The molecule has 0 amide bonds. The fourth-order valence-electron chi connectivity index (χ4n) is 3.34.